The number of hydrogen-bond acceptors (Lipinski definition) is 3. The van der Waals surface area contributed by atoms with Crippen molar-refractivity contribution in [2.75, 3.05) is 36.9 Å². The zero-order valence-electron chi connectivity index (χ0n) is 15.5. The van der Waals surface area contributed by atoms with Crippen molar-refractivity contribution in [1.82, 2.24) is 4.90 Å². The minimum Gasteiger partial charge on any atom is -0.371 e. The van der Waals surface area contributed by atoms with Crippen LogP contribution in [-0.2, 0) is 11.3 Å². The maximum absolute atomic E-state index is 13.1. The van der Waals surface area contributed by atoms with Crippen molar-refractivity contribution in [1.29, 1.82) is 0 Å². The Labute approximate surface area is 164 Å². The molecule has 0 radical (unpaired) electrons. The van der Waals surface area contributed by atoms with E-state index >= 15 is 0 Å². The van der Waals surface area contributed by atoms with Gasteiger partial charge in [0.15, 0.2) is 0 Å². The van der Waals surface area contributed by atoms with Gasteiger partial charge in [0, 0.05) is 25.3 Å². The number of anilines is 2. The van der Waals surface area contributed by atoms with Crippen molar-refractivity contribution >= 4 is 28.9 Å². The van der Waals surface area contributed by atoms with Crippen LogP contribution in [0.1, 0.15) is 24.8 Å². The Balaban J connectivity index is 1.60. The SMILES string of the molecule is CN(CC(=O)Nc1ccc(F)cc1Cl)Cc1ccccc1N1CCCCC1. The van der Waals surface area contributed by atoms with Crippen LogP contribution in [0, 0.1) is 5.82 Å². The number of nitrogens with zero attached hydrogens (tertiary/aromatic N) is 2. The van der Waals surface area contributed by atoms with Crippen LogP contribution in [0.4, 0.5) is 15.8 Å². The van der Waals surface area contributed by atoms with E-state index in [4.69, 9.17) is 11.6 Å². The average Bonchev–Trinajstić information content (AvgIpc) is 2.65. The monoisotopic (exact) mass is 389 g/mol. The van der Waals surface area contributed by atoms with Crippen LogP contribution < -0.4 is 10.2 Å². The molecule has 2 aromatic carbocycles. The van der Waals surface area contributed by atoms with Crippen LogP contribution in [0.2, 0.25) is 5.02 Å². The minimum atomic E-state index is -0.426. The second kappa shape index (κ2) is 9.20. The molecule has 1 aliphatic rings. The first kappa shape index (κ1) is 19.6. The third-order valence-corrected chi connectivity index (χ3v) is 5.06. The highest BCUT2D eigenvalue weighted by Crippen LogP contribution is 2.25. The van der Waals surface area contributed by atoms with Gasteiger partial charge in [-0.1, -0.05) is 29.8 Å². The van der Waals surface area contributed by atoms with Crippen molar-refractivity contribution < 1.29 is 9.18 Å². The predicted octanol–water partition coefficient (Wildman–Crippen LogP) is 4.54. The van der Waals surface area contributed by atoms with E-state index in [2.05, 4.69) is 28.4 Å². The number of rotatable bonds is 6. The standard InChI is InChI=1S/C21H25ClFN3O/c1-25(15-21(27)24-19-10-9-17(23)13-18(19)22)14-16-7-3-4-8-20(16)26-11-5-2-6-12-26/h3-4,7-10,13H,2,5-6,11-12,14-15H2,1H3,(H,24,27). The van der Waals surface area contributed by atoms with Crippen LogP contribution in [0.25, 0.3) is 0 Å². The average molecular weight is 390 g/mol. The van der Waals surface area contributed by atoms with Gasteiger partial charge in [0.1, 0.15) is 5.82 Å². The molecule has 0 atom stereocenters. The first-order chi connectivity index (χ1) is 13.0. The van der Waals surface area contributed by atoms with Crippen molar-refractivity contribution in [3.8, 4) is 0 Å². The van der Waals surface area contributed by atoms with E-state index in [1.807, 2.05) is 18.0 Å². The maximum Gasteiger partial charge on any atom is 0.238 e. The molecule has 1 heterocycles. The molecule has 0 aliphatic carbocycles. The maximum atomic E-state index is 13.1. The van der Waals surface area contributed by atoms with E-state index in [0.29, 0.717) is 12.2 Å². The summed E-state index contributed by atoms with van der Waals surface area (Å²) in [7, 11) is 1.92. The highest BCUT2D eigenvalue weighted by molar-refractivity contribution is 6.33. The first-order valence-electron chi connectivity index (χ1n) is 9.29. The predicted molar refractivity (Wildman–Crippen MR) is 109 cm³/mol. The van der Waals surface area contributed by atoms with Crippen molar-refractivity contribution in [3.05, 3.63) is 58.9 Å². The van der Waals surface area contributed by atoms with Gasteiger partial charge in [0.05, 0.1) is 17.3 Å². The van der Waals surface area contributed by atoms with Crippen LogP contribution in [0.15, 0.2) is 42.5 Å². The molecule has 0 aromatic heterocycles. The number of halogens is 2. The molecule has 6 heteroatoms. The summed E-state index contributed by atoms with van der Waals surface area (Å²) in [6.45, 7) is 3.08. The van der Waals surface area contributed by atoms with Gasteiger partial charge in [-0.05, 0) is 56.1 Å². The minimum absolute atomic E-state index is 0.179. The zero-order chi connectivity index (χ0) is 19.2. The van der Waals surface area contributed by atoms with Gasteiger partial charge in [0.2, 0.25) is 5.91 Å². The summed E-state index contributed by atoms with van der Waals surface area (Å²) in [5.41, 5.74) is 2.89. The largest absolute Gasteiger partial charge is 0.371 e. The second-order valence-corrected chi connectivity index (χ2v) is 7.43. The third-order valence-electron chi connectivity index (χ3n) is 4.75. The van der Waals surface area contributed by atoms with Gasteiger partial charge < -0.3 is 10.2 Å². The Morgan fingerprint density at radius 1 is 1.19 bits per heavy atom. The summed E-state index contributed by atoms with van der Waals surface area (Å²) in [6.07, 6.45) is 3.75. The Morgan fingerprint density at radius 2 is 1.93 bits per heavy atom. The highest BCUT2D eigenvalue weighted by Gasteiger charge is 2.16. The molecule has 144 valence electrons. The summed E-state index contributed by atoms with van der Waals surface area (Å²) in [4.78, 5) is 16.7. The lowest BCUT2D eigenvalue weighted by Crippen LogP contribution is -2.33. The molecule has 2 aromatic rings. The van der Waals surface area contributed by atoms with E-state index in [-0.39, 0.29) is 17.5 Å². The fraction of sp³-hybridized carbons (Fsp3) is 0.381. The zero-order valence-corrected chi connectivity index (χ0v) is 16.3. The summed E-state index contributed by atoms with van der Waals surface area (Å²) in [5, 5.41) is 2.94. The number of carbonyl (C=O) groups excluding carboxylic acids is 1. The molecular weight excluding hydrogens is 365 g/mol. The van der Waals surface area contributed by atoms with Crippen LogP contribution in [-0.4, -0.2) is 37.5 Å². The number of nitrogens with one attached hydrogen (secondary N) is 1. The molecule has 0 saturated carbocycles. The molecule has 1 amide bonds. The van der Waals surface area contributed by atoms with Gasteiger partial charge >= 0.3 is 0 Å². The van der Waals surface area contributed by atoms with Gasteiger partial charge in [-0.2, -0.15) is 0 Å². The summed E-state index contributed by atoms with van der Waals surface area (Å²) < 4.78 is 13.1. The molecule has 0 bridgehead atoms. The number of hydrogen-bond donors (Lipinski definition) is 1. The van der Waals surface area contributed by atoms with Gasteiger partial charge in [-0.25, -0.2) is 4.39 Å². The van der Waals surface area contributed by atoms with E-state index in [1.54, 1.807) is 0 Å². The number of piperidine rings is 1. The van der Waals surface area contributed by atoms with Crippen molar-refractivity contribution in [2.45, 2.75) is 25.8 Å². The first-order valence-corrected chi connectivity index (χ1v) is 9.67. The molecule has 3 rings (SSSR count). The van der Waals surface area contributed by atoms with Crippen LogP contribution >= 0.6 is 11.6 Å². The molecule has 1 N–H and O–H groups in total. The second-order valence-electron chi connectivity index (χ2n) is 7.02. The Bertz CT molecular complexity index is 793. The summed E-state index contributed by atoms with van der Waals surface area (Å²) in [6, 6.07) is 12.3. The van der Waals surface area contributed by atoms with Gasteiger partial charge in [-0.15, -0.1) is 0 Å². The Hall–Kier alpha value is -2.11. The molecule has 1 saturated heterocycles. The lowest BCUT2D eigenvalue weighted by molar-refractivity contribution is -0.117. The summed E-state index contributed by atoms with van der Waals surface area (Å²) >= 11 is 5.97. The van der Waals surface area contributed by atoms with Gasteiger partial charge in [0.25, 0.3) is 0 Å². The number of likely N-dealkylation sites (N-methyl/N-ethyl adjacent to an activating group) is 1. The molecule has 1 aliphatic heterocycles. The van der Waals surface area contributed by atoms with E-state index in [1.165, 1.54) is 48.7 Å². The number of carbonyl (C=O) groups is 1. The highest BCUT2D eigenvalue weighted by atomic mass is 35.5. The molecule has 0 unspecified atom stereocenters. The molecule has 0 spiro atoms. The quantitative estimate of drug-likeness (QED) is 0.787. The van der Waals surface area contributed by atoms with Crippen LogP contribution in [0.5, 0.6) is 0 Å². The normalized spacial score (nSPS) is 14.4. The lowest BCUT2D eigenvalue weighted by Gasteiger charge is -2.31. The fourth-order valence-electron chi connectivity index (χ4n) is 3.46. The Kier molecular flexibility index (Phi) is 6.69. The molecular formula is C21H25ClFN3O. The summed E-state index contributed by atoms with van der Waals surface area (Å²) in [5.74, 6) is -0.606. The smallest absolute Gasteiger partial charge is 0.238 e. The van der Waals surface area contributed by atoms with Crippen molar-refractivity contribution in [3.63, 3.8) is 0 Å². The Morgan fingerprint density at radius 3 is 2.67 bits per heavy atom. The van der Waals surface area contributed by atoms with Gasteiger partial charge in [-0.3, -0.25) is 9.69 Å². The van der Waals surface area contributed by atoms with E-state index in [9.17, 15) is 9.18 Å². The number of amides is 1. The fourth-order valence-corrected chi connectivity index (χ4v) is 3.67. The third kappa shape index (κ3) is 5.44. The van der Waals surface area contributed by atoms with E-state index < -0.39 is 5.82 Å². The van der Waals surface area contributed by atoms with E-state index in [0.717, 1.165) is 13.1 Å². The lowest BCUT2D eigenvalue weighted by atomic mass is 10.1. The molecule has 27 heavy (non-hydrogen) atoms. The number of benzene rings is 2. The topological polar surface area (TPSA) is 35.6 Å². The number of para-hydroxylation sites is 1. The molecule has 4 nitrogen and oxygen atoms in total. The van der Waals surface area contributed by atoms with Crippen molar-refractivity contribution in [2.24, 2.45) is 0 Å². The molecule has 1 fully saturated rings. The van der Waals surface area contributed by atoms with Crippen LogP contribution in [0.3, 0.4) is 0 Å².